The molecular formula is C48H81O10P. The highest BCUT2D eigenvalue weighted by Crippen LogP contribution is 2.43. The number of phosphoric ester groups is 1. The van der Waals surface area contributed by atoms with Crippen LogP contribution in [0.15, 0.2) is 85.1 Å². The topological polar surface area (TPSA) is 149 Å². The molecule has 0 bridgehead atoms. The maximum atomic E-state index is 12.4. The quantitative estimate of drug-likeness (QED) is 0.0235. The molecule has 11 heteroatoms. The smallest absolute Gasteiger partial charge is 0.457 e. The Morgan fingerprint density at radius 1 is 0.458 bits per heavy atom. The molecule has 10 nitrogen and oxygen atoms in total. The fourth-order valence-corrected chi connectivity index (χ4v) is 6.49. The number of esters is 2. The highest BCUT2D eigenvalue weighted by atomic mass is 31.2. The van der Waals surface area contributed by atoms with E-state index in [-0.39, 0.29) is 12.8 Å². The van der Waals surface area contributed by atoms with E-state index in [2.05, 4.69) is 98.9 Å². The van der Waals surface area contributed by atoms with Gasteiger partial charge in [0.1, 0.15) is 12.2 Å². The van der Waals surface area contributed by atoms with E-state index in [0.717, 1.165) is 116 Å². The average Bonchev–Trinajstić information content (AvgIpc) is 3.22. The molecule has 0 aliphatic rings. The Bertz CT molecular complexity index is 1250. The third-order valence-corrected chi connectivity index (χ3v) is 10.1. The Morgan fingerprint density at radius 3 is 1.07 bits per heavy atom. The second-order valence-electron chi connectivity index (χ2n) is 14.6. The van der Waals surface area contributed by atoms with Gasteiger partial charge in [-0.05, 0) is 83.5 Å². The largest absolute Gasteiger partial charge is 0.472 e. The van der Waals surface area contributed by atoms with Crippen molar-refractivity contribution in [1.29, 1.82) is 0 Å². The zero-order chi connectivity index (χ0) is 43.3. The van der Waals surface area contributed by atoms with Gasteiger partial charge in [0.2, 0.25) is 0 Å². The number of rotatable bonds is 41. The first kappa shape index (κ1) is 56.1. The molecule has 59 heavy (non-hydrogen) atoms. The van der Waals surface area contributed by atoms with Crippen LogP contribution >= 0.6 is 7.82 Å². The third kappa shape index (κ3) is 41.7. The molecule has 3 N–H and O–H groups in total. The molecule has 0 amide bonds. The van der Waals surface area contributed by atoms with Gasteiger partial charge in [0.05, 0.1) is 26.4 Å². The van der Waals surface area contributed by atoms with Crippen molar-refractivity contribution in [3.8, 4) is 0 Å². The molecule has 0 heterocycles. The lowest BCUT2D eigenvalue weighted by Crippen LogP contribution is -2.28. The summed E-state index contributed by atoms with van der Waals surface area (Å²) in [5, 5.41) is 19.2. The van der Waals surface area contributed by atoms with E-state index >= 15 is 0 Å². The Balaban J connectivity index is 3.95. The molecule has 0 spiro atoms. The number of aliphatic hydroxyl groups is 2. The molecule has 0 aromatic rings. The van der Waals surface area contributed by atoms with Gasteiger partial charge < -0.3 is 24.6 Å². The SMILES string of the molecule is CC/C=C\C/C=C\C/C=C\C/C=C\CCCCCCCCC(=O)OC(CO)COP(=O)(O)OCC(CO)OC(=O)CCCCCCCCC/C=C\C/C=C\C/C=C\CC. The predicted molar refractivity (Wildman–Crippen MR) is 242 cm³/mol. The minimum absolute atomic E-state index is 0.171. The van der Waals surface area contributed by atoms with Gasteiger partial charge in [0.25, 0.3) is 0 Å². The third-order valence-electron chi connectivity index (χ3n) is 9.10. The monoisotopic (exact) mass is 849 g/mol. The normalized spacial score (nSPS) is 14.6. The van der Waals surface area contributed by atoms with E-state index in [1.54, 1.807) is 0 Å². The number of carbonyl (C=O) groups is 2. The zero-order valence-corrected chi connectivity index (χ0v) is 37.6. The fraction of sp³-hybridized carbons (Fsp3) is 0.667. The van der Waals surface area contributed by atoms with Gasteiger partial charge in [-0.1, -0.05) is 157 Å². The maximum Gasteiger partial charge on any atom is 0.472 e. The minimum Gasteiger partial charge on any atom is -0.457 e. The molecular weight excluding hydrogens is 767 g/mol. The van der Waals surface area contributed by atoms with Crippen molar-refractivity contribution >= 4 is 19.8 Å². The standard InChI is InChI=1S/C48H81O10P/c1-3-5-7-9-11-13-15-17-19-21-22-24-26-28-30-32-34-36-38-40-48(52)58-46(42-50)44-56-59(53,54)55-43-45(41-49)57-47(51)39-37-35-33-31-29-27-25-23-20-18-16-14-12-10-8-6-4-2/h5-8,11-14,17-20,22,24,45-46,49-50H,3-4,9-10,15-16,21,23,25-44H2,1-2H3,(H,53,54)/b7-5-,8-6-,13-11-,14-12-,19-17-,20-18-,24-22-. The molecule has 0 aliphatic carbocycles. The molecule has 0 saturated heterocycles. The predicted octanol–water partition coefficient (Wildman–Crippen LogP) is 12.2. The summed E-state index contributed by atoms with van der Waals surface area (Å²) in [6.07, 6.45) is 51.2. The summed E-state index contributed by atoms with van der Waals surface area (Å²) in [5.74, 6) is -1.05. The Kier molecular flexibility index (Phi) is 41.2. The lowest BCUT2D eigenvalue weighted by atomic mass is 10.1. The van der Waals surface area contributed by atoms with Crippen LogP contribution in [0.1, 0.15) is 168 Å². The maximum absolute atomic E-state index is 12.4. The highest BCUT2D eigenvalue weighted by molar-refractivity contribution is 7.47. The fourth-order valence-electron chi connectivity index (χ4n) is 5.71. The van der Waals surface area contributed by atoms with Gasteiger partial charge in [-0.15, -0.1) is 0 Å². The van der Waals surface area contributed by atoms with Crippen molar-refractivity contribution in [2.45, 2.75) is 180 Å². The molecule has 0 aromatic heterocycles. The summed E-state index contributed by atoms with van der Waals surface area (Å²) >= 11 is 0. The molecule has 3 atom stereocenters. The van der Waals surface area contributed by atoms with Crippen LogP contribution in [0.3, 0.4) is 0 Å². The van der Waals surface area contributed by atoms with Crippen molar-refractivity contribution in [1.82, 2.24) is 0 Å². The van der Waals surface area contributed by atoms with Crippen LogP contribution in [0, 0.1) is 0 Å². The molecule has 0 radical (unpaired) electrons. The molecule has 0 aliphatic heterocycles. The summed E-state index contributed by atoms with van der Waals surface area (Å²) in [6.45, 7) is 1.95. The van der Waals surface area contributed by atoms with E-state index in [1.165, 1.54) is 12.8 Å². The van der Waals surface area contributed by atoms with Crippen LogP contribution in [0.5, 0.6) is 0 Å². The summed E-state index contributed by atoms with van der Waals surface area (Å²) < 4.78 is 32.6. The lowest BCUT2D eigenvalue weighted by molar-refractivity contribution is -0.153. The lowest BCUT2D eigenvalue weighted by Gasteiger charge is -2.20. The van der Waals surface area contributed by atoms with Crippen molar-refractivity contribution in [2.24, 2.45) is 0 Å². The van der Waals surface area contributed by atoms with Gasteiger partial charge in [-0.3, -0.25) is 18.6 Å². The first-order valence-corrected chi connectivity index (χ1v) is 24.0. The number of aliphatic hydroxyl groups excluding tert-OH is 2. The number of hydrogen-bond donors (Lipinski definition) is 3. The van der Waals surface area contributed by atoms with Gasteiger partial charge >= 0.3 is 19.8 Å². The Morgan fingerprint density at radius 2 is 0.746 bits per heavy atom. The van der Waals surface area contributed by atoms with E-state index in [9.17, 15) is 29.3 Å². The molecule has 0 saturated carbocycles. The van der Waals surface area contributed by atoms with Crippen LogP contribution in [-0.4, -0.2) is 65.7 Å². The van der Waals surface area contributed by atoms with Crippen molar-refractivity contribution in [2.75, 3.05) is 26.4 Å². The number of ether oxygens (including phenoxy) is 2. The number of hydrogen-bond acceptors (Lipinski definition) is 9. The Hall–Kier alpha value is -2.85. The molecule has 3 unspecified atom stereocenters. The van der Waals surface area contributed by atoms with E-state index in [4.69, 9.17) is 18.5 Å². The van der Waals surface area contributed by atoms with Crippen LogP contribution in [0.4, 0.5) is 0 Å². The first-order valence-electron chi connectivity index (χ1n) is 22.5. The number of carbonyl (C=O) groups excluding carboxylic acids is 2. The summed E-state index contributed by atoms with van der Waals surface area (Å²) in [7, 11) is -4.65. The minimum atomic E-state index is -4.65. The van der Waals surface area contributed by atoms with Crippen LogP contribution in [-0.2, 0) is 32.7 Å². The average molecular weight is 849 g/mol. The van der Waals surface area contributed by atoms with Gasteiger partial charge in [0, 0.05) is 12.8 Å². The van der Waals surface area contributed by atoms with Crippen molar-refractivity contribution in [3.63, 3.8) is 0 Å². The zero-order valence-electron chi connectivity index (χ0n) is 36.7. The molecule has 0 rings (SSSR count). The summed E-state index contributed by atoms with van der Waals surface area (Å²) in [5.41, 5.74) is 0. The summed E-state index contributed by atoms with van der Waals surface area (Å²) in [4.78, 5) is 34.6. The van der Waals surface area contributed by atoms with Gasteiger partial charge in [-0.25, -0.2) is 4.57 Å². The highest BCUT2D eigenvalue weighted by Gasteiger charge is 2.27. The second kappa shape index (κ2) is 43.2. The molecule has 0 fully saturated rings. The van der Waals surface area contributed by atoms with E-state index in [1.807, 2.05) is 0 Å². The number of allylic oxidation sites excluding steroid dienone is 14. The molecule has 338 valence electrons. The number of phosphoric acid groups is 1. The van der Waals surface area contributed by atoms with E-state index < -0.39 is 58.4 Å². The van der Waals surface area contributed by atoms with Gasteiger partial charge in [-0.2, -0.15) is 0 Å². The van der Waals surface area contributed by atoms with Crippen LogP contribution in [0.2, 0.25) is 0 Å². The van der Waals surface area contributed by atoms with Crippen molar-refractivity contribution in [3.05, 3.63) is 85.1 Å². The van der Waals surface area contributed by atoms with Crippen LogP contribution < -0.4 is 0 Å². The first-order chi connectivity index (χ1) is 28.8. The van der Waals surface area contributed by atoms with E-state index in [0.29, 0.717) is 12.8 Å². The Labute approximate surface area is 358 Å². The van der Waals surface area contributed by atoms with Crippen molar-refractivity contribution < 1.29 is 47.8 Å². The number of unbranched alkanes of at least 4 members (excludes halogenated alkanes) is 13. The molecule has 0 aromatic carbocycles. The van der Waals surface area contributed by atoms with Crippen LogP contribution in [0.25, 0.3) is 0 Å². The summed E-state index contributed by atoms with van der Waals surface area (Å²) in [6, 6.07) is 0. The van der Waals surface area contributed by atoms with Gasteiger partial charge in [0.15, 0.2) is 0 Å². The second-order valence-corrected chi connectivity index (χ2v) is 16.1.